The van der Waals surface area contributed by atoms with Gasteiger partial charge in [-0.15, -0.1) is 0 Å². The molecule has 0 amide bonds. The van der Waals surface area contributed by atoms with Crippen molar-refractivity contribution in [3.05, 3.63) is 105 Å². The van der Waals surface area contributed by atoms with Gasteiger partial charge >= 0.3 is 23.9 Å². The fourth-order valence-electron chi connectivity index (χ4n) is 8.44. The highest BCUT2D eigenvalue weighted by molar-refractivity contribution is 5.73. The SMILES string of the molecule is CC(=O)Oc1cc(OC(C)=O)cc([C@H]2[C@H](c3cc(OC(C)=O)cc(OC(C)=O)c3)[C@@H](c3cc(C(C)(C)C)c(O)c(C(C)(C)C)c3)O[C@@H]2c2cc(C(C)(C)C)c(O)c(C(C)(C)C)c2)c1. The summed E-state index contributed by atoms with van der Waals surface area (Å²) in [5, 5.41) is 23.8. The number of ether oxygens (including phenoxy) is 5. The van der Waals surface area contributed by atoms with Gasteiger partial charge in [-0.3, -0.25) is 19.2 Å². The zero-order valence-electron chi connectivity index (χ0n) is 39.7. The Kier molecular flexibility index (Phi) is 13.4. The van der Waals surface area contributed by atoms with Gasteiger partial charge in [0.15, 0.2) is 0 Å². The third-order valence-electron chi connectivity index (χ3n) is 11.1. The van der Waals surface area contributed by atoms with Crippen LogP contribution in [0.4, 0.5) is 0 Å². The maximum Gasteiger partial charge on any atom is 0.308 e. The molecule has 1 saturated heterocycles. The number of rotatable bonds is 8. The second-order valence-electron chi connectivity index (χ2n) is 20.8. The van der Waals surface area contributed by atoms with Crippen molar-refractivity contribution in [2.75, 3.05) is 0 Å². The summed E-state index contributed by atoms with van der Waals surface area (Å²) in [7, 11) is 0. The first-order valence-corrected chi connectivity index (χ1v) is 21.3. The zero-order chi connectivity index (χ0) is 47.3. The number of carbonyl (C=O) groups is 4. The Hall–Kier alpha value is -5.68. The summed E-state index contributed by atoms with van der Waals surface area (Å²) in [5.74, 6) is -2.95. The molecule has 0 unspecified atom stereocenters. The van der Waals surface area contributed by atoms with Crippen LogP contribution in [0.2, 0.25) is 0 Å². The third-order valence-corrected chi connectivity index (χ3v) is 11.1. The monoisotopic (exact) mass is 864 g/mol. The number of aromatic hydroxyl groups is 2. The first-order valence-electron chi connectivity index (χ1n) is 21.3. The van der Waals surface area contributed by atoms with Crippen molar-refractivity contribution in [2.24, 2.45) is 0 Å². The highest BCUT2D eigenvalue weighted by atomic mass is 16.6. The Morgan fingerprint density at radius 3 is 0.810 bits per heavy atom. The van der Waals surface area contributed by atoms with Gasteiger partial charge in [-0.2, -0.15) is 0 Å². The molecule has 63 heavy (non-hydrogen) atoms. The lowest BCUT2D eigenvalue weighted by atomic mass is 9.72. The first-order chi connectivity index (χ1) is 28.8. The highest BCUT2D eigenvalue weighted by Crippen LogP contribution is 2.61. The van der Waals surface area contributed by atoms with Gasteiger partial charge in [-0.05, 0) is 115 Å². The molecule has 11 nitrogen and oxygen atoms in total. The number of phenolic OH excluding ortho intramolecular Hbond substituents is 2. The Morgan fingerprint density at radius 2 is 0.619 bits per heavy atom. The van der Waals surface area contributed by atoms with Gasteiger partial charge < -0.3 is 33.9 Å². The van der Waals surface area contributed by atoms with E-state index in [2.05, 4.69) is 0 Å². The van der Waals surface area contributed by atoms with Crippen LogP contribution in [0.1, 0.15) is 179 Å². The van der Waals surface area contributed by atoms with E-state index in [1.54, 1.807) is 24.3 Å². The van der Waals surface area contributed by atoms with E-state index in [0.717, 1.165) is 11.1 Å². The summed E-state index contributed by atoms with van der Waals surface area (Å²) >= 11 is 0. The van der Waals surface area contributed by atoms with Crippen LogP contribution in [0, 0.1) is 0 Å². The van der Waals surface area contributed by atoms with E-state index in [1.165, 1.54) is 39.8 Å². The zero-order valence-corrected chi connectivity index (χ0v) is 39.7. The molecule has 1 heterocycles. The number of hydrogen-bond acceptors (Lipinski definition) is 11. The molecule has 338 valence electrons. The Balaban J connectivity index is 2.03. The molecular weight excluding hydrogens is 801 g/mol. The highest BCUT2D eigenvalue weighted by Gasteiger charge is 2.49. The third kappa shape index (κ3) is 11.1. The molecule has 1 aliphatic rings. The molecule has 0 radical (unpaired) electrons. The number of benzene rings is 4. The van der Waals surface area contributed by atoms with Crippen molar-refractivity contribution >= 4 is 23.9 Å². The predicted molar refractivity (Wildman–Crippen MR) is 241 cm³/mol. The minimum Gasteiger partial charge on any atom is -0.507 e. The smallest absolute Gasteiger partial charge is 0.308 e. The molecule has 0 bridgehead atoms. The molecule has 4 aromatic rings. The van der Waals surface area contributed by atoms with Crippen molar-refractivity contribution in [3.8, 4) is 34.5 Å². The topological polar surface area (TPSA) is 155 Å². The lowest BCUT2D eigenvalue weighted by Crippen LogP contribution is -2.20. The number of hydrogen-bond donors (Lipinski definition) is 2. The van der Waals surface area contributed by atoms with Gasteiger partial charge in [0.2, 0.25) is 0 Å². The maximum absolute atomic E-state index is 12.5. The van der Waals surface area contributed by atoms with E-state index in [1.807, 2.05) is 107 Å². The molecule has 4 atom stereocenters. The summed E-state index contributed by atoms with van der Waals surface area (Å²) < 4.78 is 30.2. The molecule has 4 aromatic carbocycles. The summed E-state index contributed by atoms with van der Waals surface area (Å²) in [6.45, 7) is 29.4. The molecule has 0 saturated carbocycles. The van der Waals surface area contributed by atoms with Crippen molar-refractivity contribution in [1.82, 2.24) is 0 Å². The normalized spacial score (nSPS) is 18.2. The van der Waals surface area contributed by atoms with Gasteiger partial charge in [-0.1, -0.05) is 83.1 Å². The second kappa shape index (κ2) is 17.5. The fraction of sp³-hybridized carbons (Fsp3) is 0.462. The van der Waals surface area contributed by atoms with Crippen molar-refractivity contribution < 1.29 is 53.1 Å². The van der Waals surface area contributed by atoms with E-state index in [4.69, 9.17) is 23.7 Å². The average Bonchev–Trinajstić information content (AvgIpc) is 3.49. The molecule has 0 aliphatic carbocycles. The first kappa shape index (κ1) is 48.4. The van der Waals surface area contributed by atoms with Gasteiger partial charge in [0, 0.05) is 51.7 Å². The molecule has 2 N–H and O–H groups in total. The summed E-state index contributed by atoms with van der Waals surface area (Å²) in [6, 6.07) is 17.6. The molecule has 11 heteroatoms. The minimum absolute atomic E-state index is 0.123. The van der Waals surface area contributed by atoms with Crippen LogP contribution in [0.3, 0.4) is 0 Å². The predicted octanol–water partition coefficient (Wildman–Crippen LogP) is 11.4. The van der Waals surface area contributed by atoms with Gasteiger partial charge in [0.25, 0.3) is 0 Å². The largest absolute Gasteiger partial charge is 0.507 e. The standard InChI is InChI=1S/C52H64O11/c1-27(53)59-35-17-31(18-36(25-35)60-28(2)54)43-44(32-19-37(61-29(3)55)26-38(20-32)62-30(4)56)48(34-23-41(51(11,12)13)46(58)42(24-34)52(14,15)16)63-47(43)33-21-39(49(5,6)7)45(57)40(22-33)50(8,9)10/h17-26,43-44,47-48,57-58H,1-16H3/t43-,44-,47+,48+/m0/s1. The molecule has 0 aromatic heterocycles. The number of phenols is 2. The van der Waals surface area contributed by atoms with E-state index in [0.29, 0.717) is 33.4 Å². The second-order valence-corrected chi connectivity index (χ2v) is 20.8. The summed E-state index contributed by atoms with van der Waals surface area (Å²) in [5.41, 5.74) is 3.33. The van der Waals surface area contributed by atoms with Crippen LogP contribution in [0.5, 0.6) is 34.5 Å². The Bertz CT molecular complexity index is 2120. The number of carbonyl (C=O) groups excluding carboxylic acids is 4. The van der Waals surface area contributed by atoms with Crippen LogP contribution in [0.25, 0.3) is 0 Å². The van der Waals surface area contributed by atoms with Gasteiger partial charge in [-0.25, -0.2) is 0 Å². The van der Waals surface area contributed by atoms with E-state index < -0.39 is 69.6 Å². The Morgan fingerprint density at radius 1 is 0.397 bits per heavy atom. The quantitative estimate of drug-likeness (QED) is 0.128. The Labute approximate surface area is 372 Å². The van der Waals surface area contributed by atoms with Crippen LogP contribution < -0.4 is 18.9 Å². The molecule has 0 spiro atoms. The van der Waals surface area contributed by atoms with Gasteiger partial charge in [0.1, 0.15) is 34.5 Å². The van der Waals surface area contributed by atoms with Crippen molar-refractivity contribution in [1.29, 1.82) is 0 Å². The van der Waals surface area contributed by atoms with Gasteiger partial charge in [0.05, 0.1) is 12.2 Å². The van der Waals surface area contributed by atoms with Crippen LogP contribution in [-0.4, -0.2) is 34.1 Å². The van der Waals surface area contributed by atoms with E-state index in [9.17, 15) is 29.4 Å². The lowest BCUT2D eigenvalue weighted by molar-refractivity contribution is -0.133. The van der Waals surface area contributed by atoms with Crippen LogP contribution in [0.15, 0.2) is 60.7 Å². The van der Waals surface area contributed by atoms with E-state index >= 15 is 0 Å². The molecule has 1 aliphatic heterocycles. The summed E-state index contributed by atoms with van der Waals surface area (Å²) in [6.07, 6.45) is -1.64. The molecular formula is C52H64O11. The van der Waals surface area contributed by atoms with E-state index in [-0.39, 0.29) is 34.5 Å². The van der Waals surface area contributed by atoms with Crippen LogP contribution in [-0.2, 0) is 45.6 Å². The summed E-state index contributed by atoms with van der Waals surface area (Å²) in [4.78, 5) is 50.0. The van der Waals surface area contributed by atoms with Crippen molar-refractivity contribution in [3.63, 3.8) is 0 Å². The van der Waals surface area contributed by atoms with Crippen LogP contribution >= 0.6 is 0 Å². The minimum atomic E-state index is -0.819. The number of esters is 4. The fourth-order valence-corrected chi connectivity index (χ4v) is 8.44. The maximum atomic E-state index is 12.5. The average molecular weight is 865 g/mol. The lowest BCUT2D eigenvalue weighted by Gasteiger charge is -2.31. The molecule has 5 rings (SSSR count). The molecule has 1 fully saturated rings. The van der Waals surface area contributed by atoms with Crippen molar-refractivity contribution in [2.45, 2.75) is 156 Å².